The highest BCUT2D eigenvalue weighted by Gasteiger charge is 2.11. The van der Waals surface area contributed by atoms with Gasteiger partial charge in [-0.25, -0.2) is 0 Å². The molecule has 0 amide bonds. The molecule has 6 nitrogen and oxygen atoms in total. The van der Waals surface area contributed by atoms with Gasteiger partial charge < -0.3 is 10.2 Å². The molecule has 0 aliphatic heterocycles. The number of benzene rings is 2. The number of nitrogens with two attached hydrogens (primary N) is 1. The zero-order valence-corrected chi connectivity index (χ0v) is 11.4. The number of nitrogen functional groups attached to an aromatic ring is 1. The first kappa shape index (κ1) is 14.5. The van der Waals surface area contributed by atoms with Crippen LogP contribution in [0.25, 0.3) is 6.08 Å². The SMILES string of the molecule is C/C=C/c1ccccc1Oc1cc(NN)cc([N+](=O)[O-])c1. The third kappa shape index (κ3) is 3.58. The maximum absolute atomic E-state index is 10.9. The van der Waals surface area contributed by atoms with Gasteiger partial charge in [-0.1, -0.05) is 30.4 Å². The van der Waals surface area contributed by atoms with Crippen molar-refractivity contribution in [1.82, 2.24) is 0 Å². The summed E-state index contributed by atoms with van der Waals surface area (Å²) in [5.41, 5.74) is 3.58. The van der Waals surface area contributed by atoms with Gasteiger partial charge >= 0.3 is 0 Å². The number of nitro groups is 1. The number of hydrogen-bond donors (Lipinski definition) is 2. The Morgan fingerprint density at radius 3 is 2.71 bits per heavy atom. The molecule has 6 heteroatoms. The molecule has 2 rings (SSSR count). The van der Waals surface area contributed by atoms with E-state index in [4.69, 9.17) is 10.6 Å². The van der Waals surface area contributed by atoms with Crippen LogP contribution in [0.15, 0.2) is 48.5 Å². The van der Waals surface area contributed by atoms with E-state index in [1.54, 1.807) is 12.1 Å². The molecule has 21 heavy (non-hydrogen) atoms. The van der Waals surface area contributed by atoms with Gasteiger partial charge in [0.2, 0.25) is 0 Å². The molecule has 0 fully saturated rings. The lowest BCUT2D eigenvalue weighted by atomic mass is 10.2. The Kier molecular flexibility index (Phi) is 4.53. The van der Waals surface area contributed by atoms with Gasteiger partial charge in [-0.05, 0) is 13.0 Å². The van der Waals surface area contributed by atoms with E-state index in [0.717, 1.165) is 5.56 Å². The van der Waals surface area contributed by atoms with E-state index in [9.17, 15) is 10.1 Å². The summed E-state index contributed by atoms with van der Waals surface area (Å²) in [6.45, 7) is 1.90. The first-order valence-electron chi connectivity index (χ1n) is 6.29. The number of nitro benzene ring substituents is 1. The zero-order chi connectivity index (χ0) is 15.2. The Morgan fingerprint density at radius 2 is 2.05 bits per heavy atom. The number of rotatable bonds is 5. The second-order valence-corrected chi connectivity index (χ2v) is 4.26. The van der Waals surface area contributed by atoms with E-state index in [0.29, 0.717) is 17.2 Å². The predicted molar refractivity (Wildman–Crippen MR) is 82.1 cm³/mol. The van der Waals surface area contributed by atoms with E-state index in [-0.39, 0.29) is 5.69 Å². The molecule has 0 saturated heterocycles. The summed E-state index contributed by atoms with van der Waals surface area (Å²) in [7, 11) is 0. The maximum Gasteiger partial charge on any atom is 0.275 e. The van der Waals surface area contributed by atoms with Crippen molar-refractivity contribution in [3.8, 4) is 11.5 Å². The summed E-state index contributed by atoms with van der Waals surface area (Å²) in [6.07, 6.45) is 3.79. The monoisotopic (exact) mass is 285 g/mol. The molecule has 2 aromatic carbocycles. The van der Waals surface area contributed by atoms with Crippen LogP contribution < -0.4 is 16.0 Å². The topological polar surface area (TPSA) is 90.4 Å². The van der Waals surface area contributed by atoms with Crippen molar-refractivity contribution in [2.75, 3.05) is 5.43 Å². The molecule has 0 aliphatic rings. The largest absolute Gasteiger partial charge is 0.456 e. The number of allylic oxidation sites excluding steroid dienone is 1. The number of nitrogens with one attached hydrogen (secondary N) is 1. The lowest BCUT2D eigenvalue weighted by Gasteiger charge is -2.10. The molecule has 0 heterocycles. The second-order valence-electron chi connectivity index (χ2n) is 4.26. The molecule has 0 aromatic heterocycles. The zero-order valence-electron chi connectivity index (χ0n) is 11.4. The minimum Gasteiger partial charge on any atom is -0.456 e. The van der Waals surface area contributed by atoms with Gasteiger partial charge in [0.25, 0.3) is 5.69 Å². The van der Waals surface area contributed by atoms with E-state index >= 15 is 0 Å². The summed E-state index contributed by atoms with van der Waals surface area (Å²) in [6, 6.07) is 11.7. The highest BCUT2D eigenvalue weighted by molar-refractivity contribution is 5.60. The van der Waals surface area contributed by atoms with Crippen molar-refractivity contribution in [2.45, 2.75) is 6.92 Å². The minimum atomic E-state index is -0.494. The highest BCUT2D eigenvalue weighted by Crippen LogP contribution is 2.31. The number of nitrogens with zero attached hydrogens (tertiary/aromatic N) is 1. The fourth-order valence-electron chi connectivity index (χ4n) is 1.85. The Balaban J connectivity index is 2.39. The third-order valence-electron chi connectivity index (χ3n) is 2.76. The lowest BCUT2D eigenvalue weighted by Crippen LogP contribution is -2.07. The minimum absolute atomic E-state index is 0.0936. The van der Waals surface area contributed by atoms with Crippen molar-refractivity contribution in [2.24, 2.45) is 5.84 Å². The van der Waals surface area contributed by atoms with Gasteiger partial charge in [-0.2, -0.15) is 0 Å². The van der Waals surface area contributed by atoms with Crippen LogP contribution in [0.5, 0.6) is 11.5 Å². The Hall–Kier alpha value is -2.86. The average Bonchev–Trinajstić information content (AvgIpc) is 2.49. The number of hydrogen-bond acceptors (Lipinski definition) is 5. The van der Waals surface area contributed by atoms with E-state index in [1.165, 1.54) is 12.1 Å². The van der Waals surface area contributed by atoms with Crippen LogP contribution in [0.3, 0.4) is 0 Å². The summed E-state index contributed by atoms with van der Waals surface area (Å²) in [4.78, 5) is 10.4. The van der Waals surface area contributed by atoms with E-state index < -0.39 is 4.92 Å². The fourth-order valence-corrected chi connectivity index (χ4v) is 1.85. The molecule has 0 bridgehead atoms. The summed E-state index contributed by atoms with van der Waals surface area (Å²) < 4.78 is 5.74. The van der Waals surface area contributed by atoms with Crippen molar-refractivity contribution in [3.63, 3.8) is 0 Å². The normalized spacial score (nSPS) is 10.6. The summed E-state index contributed by atoms with van der Waals surface area (Å²) in [5.74, 6) is 6.27. The average molecular weight is 285 g/mol. The highest BCUT2D eigenvalue weighted by atomic mass is 16.6. The molecule has 3 N–H and O–H groups in total. The number of ether oxygens (including phenoxy) is 1. The Morgan fingerprint density at radius 1 is 1.29 bits per heavy atom. The second kappa shape index (κ2) is 6.53. The standard InChI is InChI=1S/C15H15N3O3/c1-2-5-11-6-3-4-7-15(11)21-14-9-12(17-16)8-13(10-14)18(19)20/h2-10,17H,16H2,1H3/b5-2+. The van der Waals surface area contributed by atoms with Crippen molar-refractivity contribution in [3.05, 3.63) is 64.2 Å². The Labute approximate surface area is 122 Å². The first-order chi connectivity index (χ1) is 10.1. The Bertz CT molecular complexity index is 684. The number of anilines is 1. The number of non-ortho nitro benzene ring substituents is 1. The summed E-state index contributed by atoms with van der Waals surface area (Å²) in [5, 5.41) is 10.9. The van der Waals surface area contributed by atoms with Crippen molar-refractivity contribution in [1.29, 1.82) is 0 Å². The third-order valence-corrected chi connectivity index (χ3v) is 2.76. The van der Waals surface area contributed by atoms with Gasteiger partial charge in [-0.15, -0.1) is 0 Å². The van der Waals surface area contributed by atoms with Crippen LogP contribution >= 0.6 is 0 Å². The quantitative estimate of drug-likeness (QED) is 0.496. The van der Waals surface area contributed by atoms with Gasteiger partial charge in [0.15, 0.2) is 0 Å². The number of hydrazine groups is 1. The smallest absolute Gasteiger partial charge is 0.275 e. The van der Waals surface area contributed by atoms with Crippen molar-refractivity contribution < 1.29 is 9.66 Å². The lowest BCUT2D eigenvalue weighted by molar-refractivity contribution is -0.384. The molecular weight excluding hydrogens is 270 g/mol. The predicted octanol–water partition coefficient (Wildman–Crippen LogP) is 3.71. The van der Waals surface area contributed by atoms with Crippen LogP contribution in [0.2, 0.25) is 0 Å². The maximum atomic E-state index is 10.9. The van der Waals surface area contributed by atoms with Crippen LogP contribution in [-0.4, -0.2) is 4.92 Å². The first-order valence-corrected chi connectivity index (χ1v) is 6.29. The summed E-state index contributed by atoms with van der Waals surface area (Å²) >= 11 is 0. The molecule has 0 aliphatic carbocycles. The van der Waals surface area contributed by atoms with E-state index in [1.807, 2.05) is 37.3 Å². The van der Waals surface area contributed by atoms with Gasteiger partial charge in [-0.3, -0.25) is 16.0 Å². The van der Waals surface area contributed by atoms with Crippen LogP contribution in [0.1, 0.15) is 12.5 Å². The molecule has 0 atom stereocenters. The van der Waals surface area contributed by atoms with Crippen LogP contribution in [0, 0.1) is 10.1 Å². The van der Waals surface area contributed by atoms with Crippen LogP contribution in [-0.2, 0) is 0 Å². The number of para-hydroxylation sites is 1. The molecule has 2 aromatic rings. The molecule has 108 valence electrons. The van der Waals surface area contributed by atoms with Gasteiger partial charge in [0.1, 0.15) is 11.5 Å². The van der Waals surface area contributed by atoms with Gasteiger partial charge in [0, 0.05) is 17.7 Å². The van der Waals surface area contributed by atoms with E-state index in [2.05, 4.69) is 5.43 Å². The van der Waals surface area contributed by atoms with Gasteiger partial charge in [0.05, 0.1) is 16.7 Å². The molecule has 0 saturated carbocycles. The van der Waals surface area contributed by atoms with Crippen molar-refractivity contribution >= 4 is 17.5 Å². The van der Waals surface area contributed by atoms with Crippen LogP contribution in [0.4, 0.5) is 11.4 Å². The molecule has 0 unspecified atom stereocenters. The fraction of sp³-hybridized carbons (Fsp3) is 0.0667. The molecular formula is C15H15N3O3. The molecule has 0 spiro atoms. The molecule has 0 radical (unpaired) electrons.